The Labute approximate surface area is 140 Å². The van der Waals surface area contributed by atoms with Crippen molar-refractivity contribution in [1.29, 1.82) is 0 Å². The number of primary amides is 1. The van der Waals surface area contributed by atoms with E-state index in [2.05, 4.69) is 10.6 Å². The lowest BCUT2D eigenvalue weighted by atomic mass is 10.1. The van der Waals surface area contributed by atoms with Gasteiger partial charge in [0.1, 0.15) is 5.75 Å². The molecule has 6 heteroatoms. The molecule has 0 aliphatic heterocycles. The molecule has 0 aliphatic carbocycles. The molecule has 2 rings (SSSR count). The van der Waals surface area contributed by atoms with E-state index in [9.17, 15) is 4.79 Å². The summed E-state index contributed by atoms with van der Waals surface area (Å²) in [5, 5.41) is 6.73. The van der Waals surface area contributed by atoms with Crippen LogP contribution in [0.4, 0.5) is 5.69 Å². The van der Waals surface area contributed by atoms with Gasteiger partial charge in [0.25, 0.3) is 0 Å². The molecule has 2 aromatic rings. The van der Waals surface area contributed by atoms with Crippen molar-refractivity contribution >= 4 is 28.9 Å². The predicted octanol–water partition coefficient (Wildman–Crippen LogP) is 2.32. The third-order valence-electron chi connectivity index (χ3n) is 3.26. The van der Waals surface area contributed by atoms with Crippen LogP contribution in [-0.2, 0) is 6.42 Å². The van der Waals surface area contributed by atoms with Gasteiger partial charge in [0, 0.05) is 17.8 Å². The maximum absolute atomic E-state index is 11.0. The zero-order chi connectivity index (χ0) is 16.7. The highest BCUT2D eigenvalue weighted by atomic mass is 32.1. The molecule has 4 N–H and O–H groups in total. The number of nitrogens with two attached hydrogens (primary N) is 1. The van der Waals surface area contributed by atoms with Crippen molar-refractivity contribution in [3.63, 3.8) is 0 Å². The molecule has 2 aromatic carbocycles. The van der Waals surface area contributed by atoms with Crippen molar-refractivity contribution in [1.82, 2.24) is 5.32 Å². The lowest BCUT2D eigenvalue weighted by molar-refractivity contribution is 0.100. The summed E-state index contributed by atoms with van der Waals surface area (Å²) in [5.41, 5.74) is 7.64. The van der Waals surface area contributed by atoms with Gasteiger partial charge in [0.05, 0.1) is 7.11 Å². The summed E-state index contributed by atoms with van der Waals surface area (Å²) in [7, 11) is 1.65. The molecule has 0 unspecified atom stereocenters. The number of carbonyl (C=O) groups excluding carboxylic acids is 1. The maximum atomic E-state index is 11.0. The van der Waals surface area contributed by atoms with Gasteiger partial charge in [-0.2, -0.15) is 0 Å². The summed E-state index contributed by atoms with van der Waals surface area (Å²) in [4.78, 5) is 11.0. The van der Waals surface area contributed by atoms with E-state index in [0.717, 1.165) is 17.9 Å². The summed E-state index contributed by atoms with van der Waals surface area (Å²) >= 11 is 5.25. The molecule has 0 radical (unpaired) electrons. The van der Waals surface area contributed by atoms with E-state index in [0.29, 0.717) is 17.2 Å². The van der Waals surface area contributed by atoms with Gasteiger partial charge in [-0.1, -0.05) is 12.1 Å². The minimum Gasteiger partial charge on any atom is -0.497 e. The standard InChI is InChI=1S/C17H19N3O2S/c1-22-15-4-2-3-12(11-15)9-10-19-17(23)20-14-7-5-13(6-8-14)16(18)21/h2-8,11H,9-10H2,1H3,(H2,18,21)(H2,19,20,23). The van der Waals surface area contributed by atoms with E-state index in [4.69, 9.17) is 22.7 Å². The Bertz CT molecular complexity index is 686. The second kappa shape index (κ2) is 8.14. The number of nitrogens with one attached hydrogen (secondary N) is 2. The van der Waals surface area contributed by atoms with E-state index < -0.39 is 5.91 Å². The van der Waals surface area contributed by atoms with Crippen molar-refractivity contribution in [2.24, 2.45) is 5.73 Å². The Morgan fingerprint density at radius 1 is 1.22 bits per heavy atom. The molecule has 0 saturated heterocycles. The molecule has 0 saturated carbocycles. The van der Waals surface area contributed by atoms with Crippen LogP contribution in [0.25, 0.3) is 0 Å². The van der Waals surface area contributed by atoms with Gasteiger partial charge < -0.3 is 21.1 Å². The fourth-order valence-corrected chi connectivity index (χ4v) is 2.26. The Morgan fingerprint density at radius 2 is 1.96 bits per heavy atom. The topological polar surface area (TPSA) is 76.4 Å². The van der Waals surface area contributed by atoms with Crippen LogP contribution in [0.3, 0.4) is 0 Å². The average Bonchev–Trinajstić information content (AvgIpc) is 2.55. The van der Waals surface area contributed by atoms with Crippen LogP contribution in [-0.4, -0.2) is 24.7 Å². The number of amides is 1. The third-order valence-corrected chi connectivity index (χ3v) is 3.51. The van der Waals surface area contributed by atoms with E-state index in [-0.39, 0.29) is 0 Å². The lowest BCUT2D eigenvalue weighted by Gasteiger charge is -2.11. The number of methoxy groups -OCH3 is 1. The minimum atomic E-state index is -0.449. The molecule has 5 nitrogen and oxygen atoms in total. The number of ether oxygens (including phenoxy) is 1. The Hall–Kier alpha value is -2.60. The lowest BCUT2D eigenvalue weighted by Crippen LogP contribution is -2.30. The molecule has 120 valence electrons. The van der Waals surface area contributed by atoms with Crippen LogP contribution >= 0.6 is 12.2 Å². The third kappa shape index (κ3) is 5.27. The number of hydrogen-bond donors (Lipinski definition) is 3. The highest BCUT2D eigenvalue weighted by molar-refractivity contribution is 7.80. The quantitative estimate of drug-likeness (QED) is 0.709. The van der Waals surface area contributed by atoms with Crippen LogP contribution in [0.2, 0.25) is 0 Å². The number of anilines is 1. The first-order chi connectivity index (χ1) is 11.1. The van der Waals surface area contributed by atoms with Gasteiger partial charge in [-0.3, -0.25) is 4.79 Å². The first-order valence-corrected chi connectivity index (χ1v) is 7.57. The van der Waals surface area contributed by atoms with Crippen molar-refractivity contribution < 1.29 is 9.53 Å². The molecule has 0 atom stereocenters. The number of carbonyl (C=O) groups is 1. The Kier molecular flexibility index (Phi) is 5.94. The molecule has 0 aliphatic rings. The van der Waals surface area contributed by atoms with Crippen molar-refractivity contribution in [2.75, 3.05) is 19.0 Å². The van der Waals surface area contributed by atoms with Crippen LogP contribution in [0.15, 0.2) is 48.5 Å². The zero-order valence-corrected chi connectivity index (χ0v) is 13.7. The molecule has 23 heavy (non-hydrogen) atoms. The molecule has 0 spiro atoms. The van der Waals surface area contributed by atoms with E-state index in [1.807, 2.05) is 24.3 Å². The van der Waals surface area contributed by atoms with Crippen LogP contribution < -0.4 is 21.1 Å². The first-order valence-electron chi connectivity index (χ1n) is 7.16. The van der Waals surface area contributed by atoms with E-state index in [1.54, 1.807) is 31.4 Å². The van der Waals surface area contributed by atoms with Gasteiger partial charge in [-0.15, -0.1) is 0 Å². The number of rotatable bonds is 6. The van der Waals surface area contributed by atoms with Gasteiger partial charge >= 0.3 is 0 Å². The van der Waals surface area contributed by atoms with Crippen molar-refractivity contribution in [3.8, 4) is 5.75 Å². The minimum absolute atomic E-state index is 0.449. The summed E-state index contributed by atoms with van der Waals surface area (Å²) < 4.78 is 5.20. The van der Waals surface area contributed by atoms with Crippen molar-refractivity contribution in [2.45, 2.75) is 6.42 Å². The number of hydrogen-bond acceptors (Lipinski definition) is 3. The second-order valence-corrected chi connectivity index (χ2v) is 5.33. The van der Waals surface area contributed by atoms with Gasteiger partial charge in [-0.25, -0.2) is 0 Å². The normalized spacial score (nSPS) is 9.96. The molecular formula is C17H19N3O2S. The van der Waals surface area contributed by atoms with Gasteiger partial charge in [0.2, 0.25) is 5.91 Å². The highest BCUT2D eigenvalue weighted by Crippen LogP contribution is 2.12. The SMILES string of the molecule is COc1cccc(CCNC(=S)Nc2ccc(C(N)=O)cc2)c1. The zero-order valence-electron chi connectivity index (χ0n) is 12.8. The van der Waals surface area contributed by atoms with E-state index in [1.165, 1.54) is 5.56 Å². The van der Waals surface area contributed by atoms with Crippen LogP contribution in [0, 0.1) is 0 Å². The van der Waals surface area contributed by atoms with E-state index >= 15 is 0 Å². The predicted molar refractivity (Wildman–Crippen MR) is 95.9 cm³/mol. The molecule has 1 amide bonds. The number of thiocarbonyl (C=S) groups is 1. The summed E-state index contributed by atoms with van der Waals surface area (Å²) in [6.45, 7) is 0.707. The monoisotopic (exact) mass is 329 g/mol. The summed E-state index contributed by atoms with van der Waals surface area (Å²) in [6, 6.07) is 14.8. The largest absolute Gasteiger partial charge is 0.497 e. The Balaban J connectivity index is 1.79. The molecular weight excluding hydrogens is 310 g/mol. The molecule has 0 fully saturated rings. The molecule has 0 aromatic heterocycles. The second-order valence-electron chi connectivity index (χ2n) is 4.92. The van der Waals surface area contributed by atoms with Gasteiger partial charge in [-0.05, 0) is 60.6 Å². The van der Waals surface area contributed by atoms with Crippen molar-refractivity contribution in [3.05, 3.63) is 59.7 Å². The number of benzene rings is 2. The van der Waals surface area contributed by atoms with Crippen LogP contribution in [0.1, 0.15) is 15.9 Å². The molecule has 0 bridgehead atoms. The summed E-state index contributed by atoms with van der Waals surface area (Å²) in [5.74, 6) is 0.397. The fourth-order valence-electron chi connectivity index (χ4n) is 2.04. The summed E-state index contributed by atoms with van der Waals surface area (Å²) in [6.07, 6.45) is 0.833. The fraction of sp³-hybridized carbons (Fsp3) is 0.176. The van der Waals surface area contributed by atoms with Gasteiger partial charge in [0.15, 0.2) is 5.11 Å². The molecule has 0 heterocycles. The van der Waals surface area contributed by atoms with Crippen LogP contribution in [0.5, 0.6) is 5.75 Å². The smallest absolute Gasteiger partial charge is 0.248 e. The maximum Gasteiger partial charge on any atom is 0.248 e. The first kappa shape index (κ1) is 16.8. The highest BCUT2D eigenvalue weighted by Gasteiger charge is 2.02. The average molecular weight is 329 g/mol. The Morgan fingerprint density at radius 3 is 2.61 bits per heavy atom.